The highest BCUT2D eigenvalue weighted by molar-refractivity contribution is 5.95. The first kappa shape index (κ1) is 21.0. The molecular weight excluding hydrogens is 444 g/mol. The van der Waals surface area contributed by atoms with Gasteiger partial charge in [0.25, 0.3) is 0 Å². The van der Waals surface area contributed by atoms with Crippen LogP contribution in [0, 0.1) is 0 Å². The van der Waals surface area contributed by atoms with E-state index in [9.17, 15) is 14.7 Å². The van der Waals surface area contributed by atoms with Crippen molar-refractivity contribution >= 4 is 27.7 Å². The van der Waals surface area contributed by atoms with Gasteiger partial charge in [-0.2, -0.15) is 0 Å². The largest absolute Gasteiger partial charge is 0.508 e. The van der Waals surface area contributed by atoms with Gasteiger partial charge < -0.3 is 19.0 Å². The smallest absolute Gasteiger partial charge is 0.312 e. The van der Waals surface area contributed by atoms with E-state index in [2.05, 4.69) is 0 Å². The number of ether oxygens (including phenoxy) is 2. The van der Waals surface area contributed by atoms with Crippen LogP contribution in [0.3, 0.4) is 0 Å². The van der Waals surface area contributed by atoms with Gasteiger partial charge in [-0.1, -0.05) is 42.5 Å². The second kappa shape index (κ2) is 8.02. The Morgan fingerprint density at radius 1 is 0.886 bits per heavy atom. The summed E-state index contributed by atoms with van der Waals surface area (Å²) in [5.74, 6) is 0.535. The van der Waals surface area contributed by atoms with Crippen molar-refractivity contribution in [1.82, 2.24) is 0 Å². The van der Waals surface area contributed by atoms with Crippen LogP contribution in [0.15, 0.2) is 88.3 Å². The third-order valence-electron chi connectivity index (χ3n) is 6.57. The van der Waals surface area contributed by atoms with E-state index in [1.54, 1.807) is 31.4 Å². The monoisotopic (exact) mass is 464 g/mol. The van der Waals surface area contributed by atoms with Crippen molar-refractivity contribution in [3.05, 3.63) is 100 Å². The number of methoxy groups -OCH3 is 1. The highest BCUT2D eigenvalue weighted by Gasteiger charge is 2.33. The molecule has 4 aromatic carbocycles. The third kappa shape index (κ3) is 3.34. The van der Waals surface area contributed by atoms with E-state index in [4.69, 9.17) is 13.9 Å². The van der Waals surface area contributed by atoms with Gasteiger partial charge in [0.2, 0.25) is 5.43 Å². The Kier molecular flexibility index (Phi) is 4.81. The van der Waals surface area contributed by atoms with Crippen molar-refractivity contribution in [2.75, 3.05) is 7.11 Å². The van der Waals surface area contributed by atoms with E-state index >= 15 is 0 Å². The van der Waals surface area contributed by atoms with E-state index in [1.807, 2.05) is 36.4 Å². The predicted molar refractivity (Wildman–Crippen MR) is 132 cm³/mol. The minimum Gasteiger partial charge on any atom is -0.508 e. The Morgan fingerprint density at radius 2 is 1.66 bits per heavy atom. The maximum Gasteiger partial charge on any atom is 0.312 e. The van der Waals surface area contributed by atoms with Crippen molar-refractivity contribution in [3.8, 4) is 28.4 Å². The van der Waals surface area contributed by atoms with Crippen molar-refractivity contribution < 1.29 is 23.8 Å². The molecule has 0 amide bonds. The lowest BCUT2D eigenvalue weighted by atomic mass is 9.82. The van der Waals surface area contributed by atoms with E-state index in [1.165, 1.54) is 18.4 Å². The molecule has 6 heteroatoms. The molecule has 0 bridgehead atoms. The van der Waals surface area contributed by atoms with Crippen LogP contribution in [-0.2, 0) is 4.79 Å². The van der Waals surface area contributed by atoms with E-state index in [0.717, 1.165) is 22.1 Å². The van der Waals surface area contributed by atoms with Crippen molar-refractivity contribution in [2.45, 2.75) is 12.3 Å². The molecule has 1 atom stereocenters. The van der Waals surface area contributed by atoms with Gasteiger partial charge in [-0.15, -0.1) is 0 Å². The van der Waals surface area contributed by atoms with Crippen molar-refractivity contribution in [3.63, 3.8) is 0 Å². The lowest BCUT2D eigenvalue weighted by Crippen LogP contribution is -2.22. The highest BCUT2D eigenvalue weighted by atomic mass is 16.5. The molecule has 6 rings (SSSR count). The fourth-order valence-electron chi connectivity index (χ4n) is 4.94. The minimum atomic E-state index is -0.367. The number of aromatic hydroxyl groups is 1. The zero-order chi connectivity index (χ0) is 24.1. The molecule has 1 unspecified atom stereocenters. The Balaban J connectivity index is 1.60. The van der Waals surface area contributed by atoms with E-state index < -0.39 is 0 Å². The topological polar surface area (TPSA) is 86.0 Å². The lowest BCUT2D eigenvalue weighted by molar-refractivity contribution is -0.135. The summed E-state index contributed by atoms with van der Waals surface area (Å²) < 4.78 is 17.2. The molecule has 0 saturated heterocycles. The Morgan fingerprint density at radius 3 is 2.43 bits per heavy atom. The van der Waals surface area contributed by atoms with Crippen molar-refractivity contribution in [1.29, 1.82) is 0 Å². The molecule has 0 radical (unpaired) electrons. The Bertz CT molecular complexity index is 1680. The molecule has 6 nitrogen and oxygen atoms in total. The number of hydrogen-bond acceptors (Lipinski definition) is 6. The number of carbonyl (C=O) groups is 1. The average Bonchev–Trinajstić information content (AvgIpc) is 2.88. The van der Waals surface area contributed by atoms with Crippen molar-refractivity contribution in [2.24, 2.45) is 0 Å². The maximum atomic E-state index is 13.5. The normalized spacial score (nSPS) is 15.1. The Hall–Kier alpha value is -4.58. The van der Waals surface area contributed by atoms with E-state index in [0.29, 0.717) is 33.4 Å². The van der Waals surface area contributed by atoms with Crippen LogP contribution in [0.2, 0.25) is 0 Å². The maximum absolute atomic E-state index is 13.5. The van der Waals surface area contributed by atoms with Crippen LogP contribution in [-0.4, -0.2) is 18.2 Å². The molecule has 0 spiro atoms. The standard InChI is InChI=1S/C29H20O6/c1-33-24-12-10-19(18-4-2-3-5-20(18)24)22-14-26(31)35-25-13-11-21-28(32)23(15-34-29(21)27(22)25)16-6-8-17(30)9-7-16/h2-13,15,22,30H,14H2,1H3. The zero-order valence-electron chi connectivity index (χ0n) is 18.8. The third-order valence-corrected chi connectivity index (χ3v) is 6.57. The van der Waals surface area contributed by atoms with Crippen LogP contribution >= 0.6 is 0 Å². The Labute approximate surface area is 200 Å². The van der Waals surface area contributed by atoms with Crippen LogP contribution in [0.4, 0.5) is 0 Å². The van der Waals surface area contributed by atoms with Crippen LogP contribution in [0.1, 0.15) is 23.5 Å². The lowest BCUT2D eigenvalue weighted by Gasteiger charge is -2.26. The van der Waals surface area contributed by atoms with Gasteiger partial charge >= 0.3 is 5.97 Å². The van der Waals surface area contributed by atoms with Gasteiger partial charge in [0, 0.05) is 16.9 Å². The molecule has 1 aliphatic rings. The van der Waals surface area contributed by atoms with Crippen LogP contribution in [0.5, 0.6) is 17.2 Å². The molecule has 2 heterocycles. The predicted octanol–water partition coefficient (Wildman–Crippen LogP) is 5.77. The highest BCUT2D eigenvalue weighted by Crippen LogP contribution is 2.45. The fraction of sp³-hybridized carbons (Fsp3) is 0.103. The zero-order valence-corrected chi connectivity index (χ0v) is 18.8. The number of esters is 1. The molecule has 5 aromatic rings. The fourth-order valence-corrected chi connectivity index (χ4v) is 4.94. The molecule has 0 aliphatic carbocycles. The number of hydrogen-bond donors (Lipinski definition) is 1. The first-order valence-corrected chi connectivity index (χ1v) is 11.2. The number of phenols is 1. The number of phenolic OH excluding ortho intramolecular Hbond substituents is 1. The van der Waals surface area contributed by atoms with Gasteiger partial charge in [-0.05, 0) is 46.8 Å². The molecule has 1 N–H and O–H groups in total. The summed E-state index contributed by atoms with van der Waals surface area (Å²) in [6, 6.07) is 21.4. The summed E-state index contributed by atoms with van der Waals surface area (Å²) in [4.78, 5) is 26.0. The van der Waals surface area contributed by atoms with Gasteiger partial charge in [-0.3, -0.25) is 9.59 Å². The molecule has 0 saturated carbocycles. The average molecular weight is 464 g/mol. The quantitative estimate of drug-likeness (QED) is 0.270. The minimum absolute atomic E-state index is 0.115. The summed E-state index contributed by atoms with van der Waals surface area (Å²) in [5, 5.41) is 11.9. The SMILES string of the molecule is COc1ccc(C2CC(=O)Oc3ccc4c(=O)c(-c5ccc(O)cc5)coc4c32)c2ccccc12. The number of fused-ring (bicyclic) bond motifs is 4. The molecule has 1 aromatic heterocycles. The summed E-state index contributed by atoms with van der Waals surface area (Å²) in [7, 11) is 1.63. The van der Waals surface area contributed by atoms with Gasteiger partial charge in [0.15, 0.2) is 0 Å². The molecular formula is C29H20O6. The molecule has 0 fully saturated rings. The molecule has 172 valence electrons. The van der Waals surface area contributed by atoms with E-state index in [-0.39, 0.29) is 29.5 Å². The van der Waals surface area contributed by atoms with Gasteiger partial charge in [-0.25, -0.2) is 0 Å². The van der Waals surface area contributed by atoms with Gasteiger partial charge in [0.05, 0.1) is 24.5 Å². The number of benzene rings is 4. The summed E-state index contributed by atoms with van der Waals surface area (Å²) in [6.07, 6.45) is 1.54. The first-order valence-electron chi connectivity index (χ1n) is 11.2. The van der Waals surface area contributed by atoms with Gasteiger partial charge in [0.1, 0.15) is 29.1 Å². The summed E-state index contributed by atoms with van der Waals surface area (Å²) in [6.45, 7) is 0. The second-order valence-electron chi connectivity index (χ2n) is 8.51. The number of rotatable bonds is 3. The number of carbonyl (C=O) groups excluding carboxylic acids is 1. The van der Waals surface area contributed by atoms with Crippen LogP contribution in [0.25, 0.3) is 32.9 Å². The molecule has 1 aliphatic heterocycles. The second-order valence-corrected chi connectivity index (χ2v) is 8.51. The van der Waals surface area contributed by atoms with Crippen LogP contribution < -0.4 is 14.9 Å². The first-order chi connectivity index (χ1) is 17.0. The summed E-state index contributed by atoms with van der Waals surface area (Å²) in [5.41, 5.74) is 2.82. The summed E-state index contributed by atoms with van der Waals surface area (Å²) >= 11 is 0. The molecule has 35 heavy (non-hydrogen) atoms.